The van der Waals surface area contributed by atoms with E-state index < -0.39 is 24.8 Å². The number of anilines is 1. The van der Waals surface area contributed by atoms with Gasteiger partial charge in [-0.25, -0.2) is 4.98 Å². The molecule has 1 aromatic heterocycles. The predicted octanol–water partition coefficient (Wildman–Crippen LogP) is 3.42. The fourth-order valence-corrected chi connectivity index (χ4v) is 3.08. The van der Waals surface area contributed by atoms with Crippen LogP contribution in [0.1, 0.15) is 0 Å². The van der Waals surface area contributed by atoms with E-state index in [4.69, 9.17) is 9.15 Å². The second kappa shape index (κ2) is 7.59. The Balaban J connectivity index is 1.24. The average Bonchev–Trinajstić information content (AvgIpc) is 3.22. The molecule has 3 aromatic rings. The molecular weight excluding hydrogens is 410 g/mol. The maximum atomic E-state index is 13.0. The number of hydrogen-bond acceptors (Lipinski definition) is 8. The summed E-state index contributed by atoms with van der Waals surface area (Å²) in [5.41, 5.74) is 1.46. The summed E-state index contributed by atoms with van der Waals surface area (Å²) in [6.45, 7) is -0.544. The van der Waals surface area contributed by atoms with E-state index in [1.807, 2.05) is 6.07 Å². The van der Waals surface area contributed by atoms with Crippen LogP contribution in [-0.2, 0) is 14.3 Å². The molecule has 150 valence electrons. The zero-order chi connectivity index (χ0) is 20.4. The predicted molar refractivity (Wildman–Crippen MR) is 97.0 cm³/mol. The molecule has 0 saturated heterocycles. The lowest BCUT2D eigenvalue weighted by Crippen LogP contribution is -2.25. The number of hydrogen-bond donors (Lipinski definition) is 1. The highest BCUT2D eigenvalue weighted by atomic mass is 32.2. The van der Waals surface area contributed by atoms with Crippen molar-refractivity contribution in [2.24, 2.45) is 0 Å². The van der Waals surface area contributed by atoms with E-state index in [9.17, 15) is 18.4 Å². The second-order valence-electron chi connectivity index (χ2n) is 5.77. The summed E-state index contributed by atoms with van der Waals surface area (Å²) >= 11 is 1.04. The quantitative estimate of drug-likeness (QED) is 0.477. The molecule has 8 nitrogen and oxygen atoms in total. The molecule has 2 heterocycles. The zero-order valence-electron chi connectivity index (χ0n) is 14.5. The number of nitrogens with one attached hydrogen (secondary N) is 1. The number of esters is 1. The topological polar surface area (TPSA) is 99.9 Å². The number of ether oxygens (including phenoxy) is 3. The molecule has 1 N–H and O–H groups in total. The number of aromatic nitrogens is 1. The van der Waals surface area contributed by atoms with Crippen LogP contribution < -0.4 is 14.8 Å². The van der Waals surface area contributed by atoms with Crippen LogP contribution in [0.2, 0.25) is 0 Å². The minimum absolute atomic E-state index is 0.0980. The molecule has 0 unspecified atom stereocenters. The van der Waals surface area contributed by atoms with Gasteiger partial charge in [0.05, 0.1) is 0 Å². The Morgan fingerprint density at radius 1 is 1.14 bits per heavy atom. The highest BCUT2D eigenvalue weighted by molar-refractivity contribution is 7.99. The molecule has 1 aliphatic rings. The highest BCUT2D eigenvalue weighted by Gasteiger charge is 2.43. The summed E-state index contributed by atoms with van der Waals surface area (Å²) in [5, 5.41) is 2.72. The largest absolute Gasteiger partial charge is 0.586 e. The van der Waals surface area contributed by atoms with Crippen molar-refractivity contribution in [2.75, 3.05) is 17.7 Å². The minimum Gasteiger partial charge on any atom is -0.455 e. The van der Waals surface area contributed by atoms with E-state index in [1.165, 1.54) is 18.2 Å². The Morgan fingerprint density at radius 2 is 1.93 bits per heavy atom. The summed E-state index contributed by atoms with van der Waals surface area (Å²) in [6, 6.07) is 10.9. The number of fused-ring (bicyclic) bond motifs is 2. The van der Waals surface area contributed by atoms with Crippen LogP contribution in [0, 0.1) is 0 Å². The molecule has 0 fully saturated rings. The number of carbonyl (C=O) groups excluding carboxylic acids is 2. The molecule has 2 aromatic carbocycles. The standard InChI is InChI=1S/C18H12F2N2O6S/c19-18(20)27-13-6-5-10(7-14(13)28-18)21-15(23)8-25-16(24)9-29-17-22-11-3-1-2-4-12(11)26-17/h1-7H,8-9H2,(H,21,23). The molecule has 29 heavy (non-hydrogen) atoms. The van der Waals surface area contributed by atoms with Crippen molar-refractivity contribution in [1.82, 2.24) is 4.98 Å². The number of rotatable bonds is 6. The Morgan fingerprint density at radius 3 is 2.76 bits per heavy atom. The summed E-state index contributed by atoms with van der Waals surface area (Å²) in [7, 11) is 0. The van der Waals surface area contributed by atoms with Crippen molar-refractivity contribution in [3.63, 3.8) is 0 Å². The Labute approximate surface area is 166 Å². The third-order valence-corrected chi connectivity index (χ3v) is 4.44. The number of para-hydroxylation sites is 2. The lowest BCUT2D eigenvalue weighted by atomic mass is 10.3. The molecule has 0 atom stereocenters. The SMILES string of the molecule is O=C(COC(=O)CSc1nc2ccccc2o1)Nc1ccc2c(c1)OC(F)(F)O2. The molecular formula is C18H12F2N2O6S. The monoisotopic (exact) mass is 422 g/mol. The van der Waals surface area contributed by atoms with Gasteiger partial charge in [0, 0.05) is 11.8 Å². The zero-order valence-corrected chi connectivity index (χ0v) is 15.3. The van der Waals surface area contributed by atoms with Gasteiger partial charge in [-0.3, -0.25) is 9.59 Å². The van der Waals surface area contributed by atoms with Crippen LogP contribution in [0.15, 0.2) is 52.1 Å². The van der Waals surface area contributed by atoms with Crippen molar-refractivity contribution in [1.29, 1.82) is 0 Å². The van der Waals surface area contributed by atoms with Crippen LogP contribution in [0.25, 0.3) is 11.1 Å². The van der Waals surface area contributed by atoms with Gasteiger partial charge in [0.1, 0.15) is 11.3 Å². The van der Waals surface area contributed by atoms with Crippen LogP contribution in [0.5, 0.6) is 11.5 Å². The van der Waals surface area contributed by atoms with Gasteiger partial charge in [-0.05, 0) is 24.3 Å². The van der Waals surface area contributed by atoms with Gasteiger partial charge >= 0.3 is 12.3 Å². The molecule has 0 aliphatic carbocycles. The van der Waals surface area contributed by atoms with Gasteiger partial charge in [0.15, 0.2) is 23.7 Å². The smallest absolute Gasteiger partial charge is 0.455 e. The number of benzene rings is 2. The van der Waals surface area contributed by atoms with E-state index in [0.29, 0.717) is 16.3 Å². The third-order valence-electron chi connectivity index (χ3n) is 3.64. The molecule has 1 amide bonds. The third kappa shape index (κ3) is 4.57. The maximum Gasteiger partial charge on any atom is 0.586 e. The normalized spacial score (nSPS) is 14.0. The Kier molecular flexibility index (Phi) is 4.97. The van der Waals surface area contributed by atoms with Crippen LogP contribution in [-0.4, -0.2) is 35.5 Å². The van der Waals surface area contributed by atoms with Crippen LogP contribution >= 0.6 is 11.8 Å². The molecule has 0 radical (unpaired) electrons. The molecule has 4 rings (SSSR count). The number of nitrogens with zero attached hydrogens (tertiary/aromatic N) is 1. The number of alkyl halides is 2. The minimum atomic E-state index is -3.74. The van der Waals surface area contributed by atoms with E-state index in [1.54, 1.807) is 18.2 Å². The lowest BCUT2D eigenvalue weighted by Gasteiger charge is -2.07. The van der Waals surface area contributed by atoms with E-state index >= 15 is 0 Å². The van der Waals surface area contributed by atoms with Crippen LogP contribution in [0.3, 0.4) is 0 Å². The number of oxazole rings is 1. The van der Waals surface area contributed by atoms with Gasteiger partial charge in [-0.1, -0.05) is 23.9 Å². The highest BCUT2D eigenvalue weighted by Crippen LogP contribution is 2.42. The van der Waals surface area contributed by atoms with Gasteiger partial charge in [-0.15, -0.1) is 8.78 Å². The average molecular weight is 422 g/mol. The maximum absolute atomic E-state index is 13.0. The van der Waals surface area contributed by atoms with Crippen molar-refractivity contribution in [2.45, 2.75) is 11.5 Å². The first-order valence-corrected chi connectivity index (χ1v) is 9.20. The molecule has 0 spiro atoms. The summed E-state index contributed by atoms with van der Waals surface area (Å²) in [4.78, 5) is 27.9. The first-order chi connectivity index (χ1) is 13.9. The Bertz CT molecular complexity index is 1050. The Hall–Kier alpha value is -3.34. The van der Waals surface area contributed by atoms with E-state index in [0.717, 1.165) is 11.8 Å². The van der Waals surface area contributed by atoms with Gasteiger partial charge in [-0.2, -0.15) is 0 Å². The number of halogens is 2. The van der Waals surface area contributed by atoms with E-state index in [2.05, 4.69) is 19.8 Å². The molecule has 0 bridgehead atoms. The van der Waals surface area contributed by atoms with Crippen LogP contribution in [0.4, 0.5) is 14.5 Å². The lowest BCUT2D eigenvalue weighted by molar-refractivity contribution is -0.286. The van der Waals surface area contributed by atoms with Gasteiger partial charge < -0.3 is 23.9 Å². The number of amides is 1. The van der Waals surface area contributed by atoms with Crippen molar-refractivity contribution in [3.05, 3.63) is 42.5 Å². The number of carbonyl (C=O) groups is 2. The number of thioether (sulfide) groups is 1. The fraction of sp³-hybridized carbons (Fsp3) is 0.167. The molecule has 0 saturated carbocycles. The van der Waals surface area contributed by atoms with Crippen molar-refractivity contribution < 1.29 is 37.0 Å². The van der Waals surface area contributed by atoms with Crippen molar-refractivity contribution >= 4 is 40.4 Å². The summed E-state index contributed by atoms with van der Waals surface area (Å²) in [6.07, 6.45) is -3.74. The molecule has 11 heteroatoms. The molecule has 1 aliphatic heterocycles. The fourth-order valence-electron chi connectivity index (χ4n) is 2.45. The van der Waals surface area contributed by atoms with E-state index in [-0.39, 0.29) is 22.9 Å². The summed E-state index contributed by atoms with van der Waals surface area (Å²) in [5.74, 6) is -1.73. The first-order valence-electron chi connectivity index (χ1n) is 8.22. The summed E-state index contributed by atoms with van der Waals surface area (Å²) < 4.78 is 44.9. The second-order valence-corrected chi connectivity index (χ2v) is 6.70. The van der Waals surface area contributed by atoms with Gasteiger partial charge in [0.2, 0.25) is 0 Å². The first kappa shape index (κ1) is 19.0. The van der Waals surface area contributed by atoms with Crippen molar-refractivity contribution in [3.8, 4) is 11.5 Å². The van der Waals surface area contributed by atoms with Gasteiger partial charge in [0.25, 0.3) is 11.1 Å².